The average molecular weight is 310 g/mol. The van der Waals surface area contributed by atoms with E-state index in [1.807, 2.05) is 54.6 Å². The molecular formula is C19H22N2O2. The molecule has 4 heteroatoms. The second kappa shape index (κ2) is 7.40. The summed E-state index contributed by atoms with van der Waals surface area (Å²) < 4.78 is 7.72. The quantitative estimate of drug-likeness (QED) is 0.729. The lowest BCUT2D eigenvalue weighted by atomic mass is 10.2. The Hall–Kier alpha value is -2.17. The van der Waals surface area contributed by atoms with E-state index in [2.05, 4.69) is 16.5 Å². The van der Waals surface area contributed by atoms with Crippen LogP contribution in [0.5, 0.6) is 0 Å². The minimum absolute atomic E-state index is 0.310. The molecule has 1 heterocycles. The Morgan fingerprint density at radius 2 is 1.83 bits per heavy atom. The molecule has 0 aliphatic carbocycles. The number of hydrogen-bond acceptors (Lipinski definition) is 3. The van der Waals surface area contributed by atoms with Gasteiger partial charge in [-0.15, -0.1) is 0 Å². The first kappa shape index (κ1) is 15.7. The van der Waals surface area contributed by atoms with Gasteiger partial charge in [0, 0.05) is 6.42 Å². The van der Waals surface area contributed by atoms with E-state index in [0.717, 1.165) is 28.8 Å². The van der Waals surface area contributed by atoms with Gasteiger partial charge in [-0.2, -0.15) is 0 Å². The molecule has 0 aliphatic rings. The van der Waals surface area contributed by atoms with Gasteiger partial charge in [0.25, 0.3) is 0 Å². The van der Waals surface area contributed by atoms with Crippen molar-refractivity contribution >= 4 is 11.0 Å². The van der Waals surface area contributed by atoms with Gasteiger partial charge in [0.05, 0.1) is 36.9 Å². The van der Waals surface area contributed by atoms with Gasteiger partial charge in [-0.1, -0.05) is 49.4 Å². The highest BCUT2D eigenvalue weighted by atomic mass is 16.5. The van der Waals surface area contributed by atoms with Crippen LogP contribution in [0.4, 0.5) is 0 Å². The zero-order valence-corrected chi connectivity index (χ0v) is 13.4. The third-order valence-corrected chi connectivity index (χ3v) is 3.86. The van der Waals surface area contributed by atoms with Gasteiger partial charge in [-0.3, -0.25) is 0 Å². The van der Waals surface area contributed by atoms with Crippen molar-refractivity contribution < 1.29 is 9.84 Å². The largest absolute Gasteiger partial charge is 0.389 e. The second-order valence-electron chi connectivity index (χ2n) is 5.64. The standard InChI is InChI=1S/C19H22N2O2/c1-2-19-20-17-10-6-7-11-18(17)21(19)12-16(22)14-23-13-15-8-4-3-5-9-15/h3-11,16,22H,2,12-14H2,1H3. The molecule has 120 valence electrons. The fourth-order valence-corrected chi connectivity index (χ4v) is 2.75. The zero-order valence-electron chi connectivity index (χ0n) is 13.4. The molecule has 0 radical (unpaired) electrons. The molecule has 2 aromatic carbocycles. The van der Waals surface area contributed by atoms with Crippen LogP contribution < -0.4 is 0 Å². The summed E-state index contributed by atoms with van der Waals surface area (Å²) in [5.41, 5.74) is 3.15. The number of benzene rings is 2. The molecule has 1 aromatic heterocycles. The number of rotatable bonds is 7. The van der Waals surface area contributed by atoms with Crippen molar-refractivity contribution in [1.29, 1.82) is 0 Å². The first-order chi connectivity index (χ1) is 11.3. The van der Waals surface area contributed by atoms with E-state index in [9.17, 15) is 5.11 Å². The van der Waals surface area contributed by atoms with Crippen LogP contribution >= 0.6 is 0 Å². The lowest BCUT2D eigenvalue weighted by Gasteiger charge is -2.14. The van der Waals surface area contributed by atoms with Gasteiger partial charge in [-0.05, 0) is 17.7 Å². The fourth-order valence-electron chi connectivity index (χ4n) is 2.75. The van der Waals surface area contributed by atoms with Crippen LogP contribution in [-0.4, -0.2) is 27.4 Å². The normalized spacial score (nSPS) is 12.6. The molecule has 3 aromatic rings. The van der Waals surface area contributed by atoms with Gasteiger partial charge < -0.3 is 14.4 Å². The summed E-state index contributed by atoms with van der Waals surface area (Å²) in [7, 11) is 0. The van der Waals surface area contributed by atoms with Crippen LogP contribution in [0.15, 0.2) is 54.6 Å². The van der Waals surface area contributed by atoms with Crippen LogP contribution in [0.2, 0.25) is 0 Å². The number of aliphatic hydroxyl groups excluding tert-OH is 1. The number of fused-ring (bicyclic) bond motifs is 1. The molecule has 0 bridgehead atoms. The van der Waals surface area contributed by atoms with Crippen molar-refractivity contribution in [2.45, 2.75) is 32.6 Å². The Morgan fingerprint density at radius 3 is 2.61 bits per heavy atom. The summed E-state index contributed by atoms with van der Waals surface area (Å²) in [6.45, 7) is 3.41. The number of hydrogen-bond donors (Lipinski definition) is 1. The maximum Gasteiger partial charge on any atom is 0.109 e. The molecule has 0 saturated carbocycles. The number of para-hydroxylation sites is 2. The average Bonchev–Trinajstić information content (AvgIpc) is 2.94. The van der Waals surface area contributed by atoms with Gasteiger partial charge in [-0.25, -0.2) is 4.98 Å². The smallest absolute Gasteiger partial charge is 0.109 e. The van der Waals surface area contributed by atoms with Crippen LogP contribution in [-0.2, 0) is 24.3 Å². The second-order valence-corrected chi connectivity index (χ2v) is 5.64. The maximum atomic E-state index is 10.3. The lowest BCUT2D eigenvalue weighted by Crippen LogP contribution is -2.23. The molecule has 4 nitrogen and oxygen atoms in total. The number of ether oxygens (including phenoxy) is 1. The summed E-state index contributed by atoms with van der Waals surface area (Å²) in [4.78, 5) is 4.62. The number of nitrogens with zero attached hydrogens (tertiary/aromatic N) is 2. The molecule has 1 N–H and O–H groups in total. The Bertz CT molecular complexity index is 752. The molecule has 0 spiro atoms. The predicted molar refractivity (Wildman–Crippen MR) is 91.2 cm³/mol. The Kier molecular flexibility index (Phi) is 5.05. The minimum atomic E-state index is -0.554. The third kappa shape index (κ3) is 3.78. The fraction of sp³-hybridized carbons (Fsp3) is 0.316. The Labute approximate surface area is 136 Å². The first-order valence-electron chi connectivity index (χ1n) is 8.01. The van der Waals surface area contributed by atoms with Crippen molar-refractivity contribution in [2.24, 2.45) is 0 Å². The van der Waals surface area contributed by atoms with E-state index in [1.165, 1.54) is 0 Å². The van der Waals surface area contributed by atoms with Crippen LogP contribution in [0.25, 0.3) is 11.0 Å². The van der Waals surface area contributed by atoms with Crippen molar-refractivity contribution in [1.82, 2.24) is 9.55 Å². The van der Waals surface area contributed by atoms with Crippen molar-refractivity contribution in [3.8, 4) is 0 Å². The summed E-state index contributed by atoms with van der Waals surface area (Å²) in [6.07, 6.45) is 0.285. The predicted octanol–water partition coefficient (Wildman–Crippen LogP) is 3.18. The third-order valence-electron chi connectivity index (χ3n) is 3.86. The summed E-state index contributed by atoms with van der Waals surface area (Å²) in [6, 6.07) is 18.0. The van der Waals surface area contributed by atoms with E-state index in [-0.39, 0.29) is 0 Å². The van der Waals surface area contributed by atoms with E-state index in [4.69, 9.17) is 4.74 Å². The first-order valence-corrected chi connectivity index (χ1v) is 8.01. The lowest BCUT2D eigenvalue weighted by molar-refractivity contribution is 0.0205. The molecule has 0 saturated heterocycles. The van der Waals surface area contributed by atoms with E-state index < -0.39 is 6.10 Å². The SMILES string of the molecule is CCc1nc2ccccc2n1CC(O)COCc1ccccc1. The maximum absolute atomic E-state index is 10.3. The minimum Gasteiger partial charge on any atom is -0.389 e. The molecule has 0 amide bonds. The van der Waals surface area contributed by atoms with E-state index >= 15 is 0 Å². The topological polar surface area (TPSA) is 47.3 Å². The van der Waals surface area contributed by atoms with Gasteiger partial charge in [0.15, 0.2) is 0 Å². The van der Waals surface area contributed by atoms with Crippen LogP contribution in [0.3, 0.4) is 0 Å². The number of imidazole rings is 1. The number of aryl methyl sites for hydroxylation is 1. The van der Waals surface area contributed by atoms with Gasteiger partial charge in [0.1, 0.15) is 5.82 Å². The van der Waals surface area contributed by atoms with Crippen molar-refractivity contribution in [3.05, 3.63) is 66.0 Å². The van der Waals surface area contributed by atoms with Crippen molar-refractivity contribution in [2.75, 3.05) is 6.61 Å². The molecule has 1 unspecified atom stereocenters. The molecule has 23 heavy (non-hydrogen) atoms. The van der Waals surface area contributed by atoms with Crippen molar-refractivity contribution in [3.63, 3.8) is 0 Å². The number of aliphatic hydroxyl groups is 1. The number of aromatic nitrogens is 2. The highest BCUT2D eigenvalue weighted by molar-refractivity contribution is 5.75. The molecule has 3 rings (SSSR count). The monoisotopic (exact) mass is 310 g/mol. The molecule has 0 fully saturated rings. The summed E-state index contributed by atoms with van der Waals surface area (Å²) >= 11 is 0. The Morgan fingerprint density at radius 1 is 1.09 bits per heavy atom. The van der Waals surface area contributed by atoms with E-state index in [1.54, 1.807) is 0 Å². The highest BCUT2D eigenvalue weighted by Gasteiger charge is 2.13. The van der Waals surface area contributed by atoms with Crippen LogP contribution in [0.1, 0.15) is 18.3 Å². The van der Waals surface area contributed by atoms with Crippen LogP contribution in [0, 0.1) is 0 Å². The van der Waals surface area contributed by atoms with Gasteiger partial charge in [0.2, 0.25) is 0 Å². The van der Waals surface area contributed by atoms with E-state index in [0.29, 0.717) is 19.8 Å². The van der Waals surface area contributed by atoms with Gasteiger partial charge >= 0.3 is 0 Å². The zero-order chi connectivity index (χ0) is 16.1. The molecule has 0 aliphatic heterocycles. The Balaban J connectivity index is 1.62. The highest BCUT2D eigenvalue weighted by Crippen LogP contribution is 2.17. The summed E-state index contributed by atoms with van der Waals surface area (Å²) in [5.74, 6) is 0.994. The summed E-state index contributed by atoms with van der Waals surface area (Å²) in [5, 5.41) is 10.3. The molecule has 1 atom stereocenters. The molecular weight excluding hydrogens is 288 g/mol.